The van der Waals surface area contributed by atoms with E-state index in [9.17, 15) is 9.59 Å². The molecule has 1 aromatic carbocycles. The molecule has 0 atom stereocenters. The summed E-state index contributed by atoms with van der Waals surface area (Å²) in [6, 6.07) is 7.25. The lowest BCUT2D eigenvalue weighted by atomic mass is 10.2. The largest absolute Gasteiger partial charge is 0.493 e. The van der Waals surface area contributed by atoms with Gasteiger partial charge in [-0.2, -0.15) is 5.26 Å². The second-order valence-corrected chi connectivity index (χ2v) is 5.25. The lowest BCUT2D eigenvalue weighted by Crippen LogP contribution is -2.37. The van der Waals surface area contributed by atoms with Crippen LogP contribution in [0, 0.1) is 11.3 Å². The maximum absolute atomic E-state index is 11.7. The molecular weight excluding hydrogens is 310 g/mol. The smallest absolute Gasteiger partial charge is 0.244 e. The number of hydrogen-bond acceptors (Lipinski definition) is 5. The van der Waals surface area contributed by atoms with Gasteiger partial charge in [0.15, 0.2) is 18.1 Å². The summed E-state index contributed by atoms with van der Waals surface area (Å²) in [5.74, 6) is 0.388. The molecule has 7 heteroatoms. The van der Waals surface area contributed by atoms with E-state index in [1.807, 2.05) is 6.07 Å². The van der Waals surface area contributed by atoms with Crippen LogP contribution < -0.4 is 20.1 Å². The molecule has 2 N–H and O–H groups in total. The Morgan fingerprint density at radius 3 is 2.83 bits per heavy atom. The summed E-state index contributed by atoms with van der Waals surface area (Å²) in [6.07, 6.45) is 4.96. The minimum atomic E-state index is -0.357. The Bertz CT molecular complexity index is 675. The lowest BCUT2D eigenvalue weighted by molar-refractivity contribution is -0.124. The van der Waals surface area contributed by atoms with E-state index in [1.165, 1.54) is 13.2 Å². The lowest BCUT2D eigenvalue weighted by Gasteiger charge is -2.08. The Labute approximate surface area is 140 Å². The Balaban J connectivity index is 1.86. The van der Waals surface area contributed by atoms with E-state index < -0.39 is 0 Å². The molecule has 0 aliphatic heterocycles. The normalized spacial score (nSPS) is 13.2. The van der Waals surface area contributed by atoms with Crippen molar-refractivity contribution in [1.82, 2.24) is 10.6 Å². The first kappa shape index (κ1) is 17.3. The number of ether oxygens (including phenoxy) is 2. The molecule has 1 fully saturated rings. The Morgan fingerprint density at radius 1 is 1.38 bits per heavy atom. The molecule has 1 aliphatic rings. The van der Waals surface area contributed by atoms with E-state index >= 15 is 0 Å². The number of hydrogen-bond donors (Lipinski definition) is 2. The van der Waals surface area contributed by atoms with Gasteiger partial charge in [-0.3, -0.25) is 9.59 Å². The van der Waals surface area contributed by atoms with Gasteiger partial charge < -0.3 is 20.1 Å². The van der Waals surface area contributed by atoms with E-state index in [2.05, 4.69) is 10.6 Å². The van der Waals surface area contributed by atoms with Crippen LogP contribution in [0.1, 0.15) is 18.4 Å². The number of nitrogens with one attached hydrogen (secondary N) is 2. The zero-order valence-corrected chi connectivity index (χ0v) is 13.4. The fourth-order valence-electron chi connectivity index (χ4n) is 1.92. The molecule has 1 aliphatic carbocycles. The number of nitriles is 1. The van der Waals surface area contributed by atoms with Gasteiger partial charge in [-0.25, -0.2) is 0 Å². The topological polar surface area (TPSA) is 100 Å². The van der Waals surface area contributed by atoms with Crippen LogP contribution in [0.25, 0.3) is 6.08 Å². The third-order valence-electron chi connectivity index (χ3n) is 3.27. The molecule has 7 nitrogen and oxygen atoms in total. The summed E-state index contributed by atoms with van der Waals surface area (Å²) >= 11 is 0. The number of amides is 2. The molecule has 0 heterocycles. The van der Waals surface area contributed by atoms with E-state index in [-0.39, 0.29) is 31.0 Å². The average molecular weight is 329 g/mol. The SMILES string of the molecule is COc1cc(/C=C/C(=O)NCC(=O)NC2CC2)ccc1OCC#N. The van der Waals surface area contributed by atoms with Gasteiger partial charge >= 0.3 is 0 Å². The predicted molar refractivity (Wildman–Crippen MR) is 87.3 cm³/mol. The highest BCUT2D eigenvalue weighted by molar-refractivity contribution is 5.94. The maximum Gasteiger partial charge on any atom is 0.244 e. The van der Waals surface area contributed by atoms with Gasteiger partial charge in [-0.15, -0.1) is 0 Å². The first-order valence-electron chi connectivity index (χ1n) is 7.55. The summed E-state index contributed by atoms with van der Waals surface area (Å²) in [6.45, 7) is -0.110. The van der Waals surface area contributed by atoms with Gasteiger partial charge in [0.2, 0.25) is 11.8 Å². The molecule has 0 unspecified atom stereocenters. The van der Waals surface area contributed by atoms with Gasteiger partial charge in [-0.1, -0.05) is 6.07 Å². The minimum Gasteiger partial charge on any atom is -0.493 e. The van der Waals surface area contributed by atoms with Crippen LogP contribution in [-0.4, -0.2) is 38.1 Å². The molecule has 126 valence electrons. The molecule has 2 amide bonds. The number of benzene rings is 1. The Kier molecular flexibility index (Phi) is 6.20. The molecule has 0 bridgehead atoms. The number of carbonyl (C=O) groups is 2. The molecule has 1 saturated carbocycles. The van der Waals surface area contributed by atoms with Crippen molar-refractivity contribution >= 4 is 17.9 Å². The van der Waals surface area contributed by atoms with Crippen LogP contribution in [0.3, 0.4) is 0 Å². The molecular formula is C17H19N3O4. The van der Waals surface area contributed by atoms with Crippen LogP contribution in [0.2, 0.25) is 0 Å². The zero-order valence-electron chi connectivity index (χ0n) is 13.4. The summed E-state index contributed by atoms with van der Waals surface area (Å²) in [4.78, 5) is 23.2. The van der Waals surface area contributed by atoms with Crippen molar-refractivity contribution in [2.45, 2.75) is 18.9 Å². The van der Waals surface area contributed by atoms with Crippen LogP contribution in [0.15, 0.2) is 24.3 Å². The highest BCUT2D eigenvalue weighted by Crippen LogP contribution is 2.28. The van der Waals surface area contributed by atoms with Gasteiger partial charge in [0, 0.05) is 12.1 Å². The maximum atomic E-state index is 11.7. The van der Waals surface area contributed by atoms with Gasteiger partial charge in [0.05, 0.1) is 13.7 Å². The fraction of sp³-hybridized carbons (Fsp3) is 0.353. The minimum absolute atomic E-state index is 0.0378. The zero-order chi connectivity index (χ0) is 17.4. The highest BCUT2D eigenvalue weighted by Gasteiger charge is 2.22. The third-order valence-corrected chi connectivity index (χ3v) is 3.27. The Morgan fingerprint density at radius 2 is 2.17 bits per heavy atom. The predicted octanol–water partition coefficient (Wildman–Crippen LogP) is 1.01. The van der Waals surface area contributed by atoms with Crippen molar-refractivity contribution in [3.8, 4) is 17.6 Å². The standard InChI is InChI=1S/C17H19N3O4/c1-23-15-10-12(2-6-14(15)24-9-8-18)3-7-16(21)19-11-17(22)20-13-4-5-13/h2-3,6-7,10,13H,4-5,9,11H2,1H3,(H,19,21)(H,20,22)/b7-3+. The summed E-state index contributed by atoms with van der Waals surface area (Å²) in [5, 5.41) is 13.8. The molecule has 24 heavy (non-hydrogen) atoms. The number of rotatable bonds is 8. The monoisotopic (exact) mass is 329 g/mol. The van der Waals surface area contributed by atoms with E-state index in [0.717, 1.165) is 18.4 Å². The molecule has 0 radical (unpaired) electrons. The van der Waals surface area contributed by atoms with Crippen LogP contribution >= 0.6 is 0 Å². The second kappa shape index (κ2) is 8.58. The second-order valence-electron chi connectivity index (χ2n) is 5.25. The van der Waals surface area contributed by atoms with Crippen molar-refractivity contribution in [1.29, 1.82) is 5.26 Å². The fourth-order valence-corrected chi connectivity index (χ4v) is 1.92. The summed E-state index contributed by atoms with van der Waals surface area (Å²) in [7, 11) is 1.49. The van der Waals surface area contributed by atoms with Crippen LogP contribution in [0.5, 0.6) is 11.5 Å². The van der Waals surface area contributed by atoms with Gasteiger partial charge in [-0.05, 0) is 36.6 Å². The van der Waals surface area contributed by atoms with E-state index in [4.69, 9.17) is 14.7 Å². The van der Waals surface area contributed by atoms with Crippen molar-refractivity contribution in [2.24, 2.45) is 0 Å². The molecule has 2 rings (SSSR count). The number of nitrogens with zero attached hydrogens (tertiary/aromatic N) is 1. The summed E-state index contributed by atoms with van der Waals surface area (Å²) < 4.78 is 10.4. The van der Waals surface area contributed by atoms with E-state index in [1.54, 1.807) is 24.3 Å². The number of carbonyl (C=O) groups excluding carboxylic acids is 2. The molecule has 1 aromatic rings. The quantitative estimate of drug-likeness (QED) is 0.693. The van der Waals surface area contributed by atoms with Crippen molar-refractivity contribution in [2.75, 3.05) is 20.3 Å². The van der Waals surface area contributed by atoms with Gasteiger partial charge in [0.25, 0.3) is 0 Å². The first-order chi connectivity index (χ1) is 11.6. The molecule has 0 spiro atoms. The van der Waals surface area contributed by atoms with Crippen LogP contribution in [-0.2, 0) is 9.59 Å². The third kappa shape index (κ3) is 5.65. The molecule has 0 aromatic heterocycles. The number of methoxy groups -OCH3 is 1. The van der Waals surface area contributed by atoms with E-state index in [0.29, 0.717) is 11.5 Å². The van der Waals surface area contributed by atoms with Crippen molar-refractivity contribution in [3.63, 3.8) is 0 Å². The first-order valence-corrected chi connectivity index (χ1v) is 7.55. The highest BCUT2D eigenvalue weighted by atomic mass is 16.5. The average Bonchev–Trinajstić information content (AvgIpc) is 3.40. The molecule has 0 saturated heterocycles. The summed E-state index contributed by atoms with van der Waals surface area (Å²) in [5.41, 5.74) is 0.730. The van der Waals surface area contributed by atoms with Crippen molar-refractivity contribution < 1.29 is 19.1 Å². The van der Waals surface area contributed by atoms with Crippen LogP contribution in [0.4, 0.5) is 0 Å². The van der Waals surface area contributed by atoms with Crippen molar-refractivity contribution in [3.05, 3.63) is 29.8 Å². The Hall–Kier alpha value is -3.01. The van der Waals surface area contributed by atoms with Gasteiger partial charge in [0.1, 0.15) is 6.07 Å².